The van der Waals surface area contributed by atoms with E-state index in [1.165, 1.54) is 22.9 Å². The molecule has 220 valence electrons. The summed E-state index contributed by atoms with van der Waals surface area (Å²) in [5.74, 6) is -0.0673. The summed E-state index contributed by atoms with van der Waals surface area (Å²) in [5, 5.41) is 17.2. The second-order valence-corrected chi connectivity index (χ2v) is 9.69. The number of pyridine rings is 2. The number of hydrogen-bond acceptors (Lipinski definition) is 8. The molecule has 0 N–H and O–H groups in total. The van der Waals surface area contributed by atoms with E-state index in [1.807, 2.05) is 6.07 Å². The molecular weight excluding hydrogens is 566 g/mol. The molecule has 0 aliphatic carbocycles. The van der Waals surface area contributed by atoms with E-state index in [0.717, 1.165) is 24.4 Å². The smallest absolute Gasteiger partial charge is 0.419 e. The van der Waals surface area contributed by atoms with Crippen LogP contribution in [0.2, 0.25) is 0 Å². The second-order valence-electron chi connectivity index (χ2n) is 9.69. The number of aryl methyl sites for hydroxylation is 1. The van der Waals surface area contributed by atoms with Crippen molar-refractivity contribution in [3.8, 4) is 23.1 Å². The third-order valence-electron chi connectivity index (χ3n) is 6.93. The van der Waals surface area contributed by atoms with Crippen LogP contribution in [0, 0.1) is 11.3 Å². The van der Waals surface area contributed by atoms with Crippen LogP contribution in [0.1, 0.15) is 23.2 Å². The molecule has 1 aliphatic rings. The standard InChI is InChI=1S/C27H24F6N8O/c1-39-22-15-20(36-21(16-34)25(22)37-38-39)17-3-4-23(19(13-17)27(31,32)33)42-12-2-7-40-8-10-41(11-9-40)24-14-18(5-6-35-24)26(28,29)30/h3-6,13-15H,2,7-12H2,1H3. The largest absolute Gasteiger partial charge is 0.493 e. The Morgan fingerprint density at radius 3 is 2.43 bits per heavy atom. The van der Waals surface area contributed by atoms with Crippen LogP contribution < -0.4 is 9.64 Å². The first kappa shape index (κ1) is 29.1. The molecule has 0 unspecified atom stereocenters. The summed E-state index contributed by atoms with van der Waals surface area (Å²) >= 11 is 0. The van der Waals surface area contributed by atoms with Crippen molar-refractivity contribution < 1.29 is 31.1 Å². The summed E-state index contributed by atoms with van der Waals surface area (Å²) in [6, 6.07) is 9.01. The third-order valence-corrected chi connectivity index (χ3v) is 6.93. The highest BCUT2D eigenvalue weighted by Crippen LogP contribution is 2.39. The van der Waals surface area contributed by atoms with Crippen LogP contribution in [0.3, 0.4) is 0 Å². The molecule has 1 saturated heterocycles. The number of hydrogen-bond donors (Lipinski definition) is 0. The van der Waals surface area contributed by atoms with Crippen LogP contribution in [0.25, 0.3) is 22.3 Å². The average Bonchev–Trinajstić information content (AvgIpc) is 3.34. The fourth-order valence-corrected chi connectivity index (χ4v) is 4.73. The summed E-state index contributed by atoms with van der Waals surface area (Å²) in [5.41, 5.74) is -0.732. The lowest BCUT2D eigenvalue weighted by Gasteiger charge is -2.35. The van der Waals surface area contributed by atoms with Crippen molar-refractivity contribution in [1.82, 2.24) is 29.9 Å². The van der Waals surface area contributed by atoms with Gasteiger partial charge in [-0.25, -0.2) is 14.6 Å². The predicted octanol–water partition coefficient (Wildman–Crippen LogP) is 4.93. The van der Waals surface area contributed by atoms with Gasteiger partial charge in [0.2, 0.25) is 0 Å². The van der Waals surface area contributed by atoms with Crippen molar-refractivity contribution in [2.24, 2.45) is 7.05 Å². The van der Waals surface area contributed by atoms with Crippen LogP contribution in [-0.4, -0.2) is 69.2 Å². The van der Waals surface area contributed by atoms with Gasteiger partial charge in [0.25, 0.3) is 0 Å². The fourth-order valence-electron chi connectivity index (χ4n) is 4.73. The highest BCUT2D eigenvalue weighted by molar-refractivity contribution is 5.83. The van der Waals surface area contributed by atoms with Gasteiger partial charge in [-0.3, -0.25) is 4.90 Å². The highest BCUT2D eigenvalue weighted by Gasteiger charge is 2.35. The molecule has 1 aromatic carbocycles. The van der Waals surface area contributed by atoms with Crippen molar-refractivity contribution in [1.29, 1.82) is 5.26 Å². The van der Waals surface area contributed by atoms with Crippen LogP contribution in [0.4, 0.5) is 32.2 Å². The Bertz CT molecular complexity index is 1620. The van der Waals surface area contributed by atoms with Gasteiger partial charge >= 0.3 is 12.4 Å². The molecule has 3 aromatic heterocycles. The van der Waals surface area contributed by atoms with E-state index in [9.17, 15) is 31.6 Å². The van der Waals surface area contributed by atoms with Crippen molar-refractivity contribution in [2.75, 3.05) is 44.2 Å². The summed E-state index contributed by atoms with van der Waals surface area (Å²) in [7, 11) is 1.60. The zero-order valence-electron chi connectivity index (χ0n) is 22.2. The first-order valence-electron chi connectivity index (χ1n) is 12.9. The molecule has 15 heteroatoms. The summed E-state index contributed by atoms with van der Waals surface area (Å²) in [4.78, 5) is 12.1. The lowest BCUT2D eigenvalue weighted by atomic mass is 10.1. The van der Waals surface area contributed by atoms with Gasteiger partial charge in [0.05, 0.1) is 28.9 Å². The topological polar surface area (TPSA) is 96.0 Å². The van der Waals surface area contributed by atoms with Gasteiger partial charge in [0.15, 0.2) is 5.69 Å². The lowest BCUT2D eigenvalue weighted by molar-refractivity contribution is -0.139. The summed E-state index contributed by atoms with van der Waals surface area (Å²) < 4.78 is 87.9. The lowest BCUT2D eigenvalue weighted by Crippen LogP contribution is -2.47. The number of fused-ring (bicyclic) bond motifs is 1. The molecule has 0 spiro atoms. The van der Waals surface area contributed by atoms with Crippen molar-refractivity contribution >= 4 is 16.9 Å². The van der Waals surface area contributed by atoms with Crippen molar-refractivity contribution in [3.05, 3.63) is 59.4 Å². The minimum atomic E-state index is -4.70. The highest BCUT2D eigenvalue weighted by atomic mass is 19.4. The maximum atomic E-state index is 14.0. The van der Waals surface area contributed by atoms with Gasteiger partial charge < -0.3 is 9.64 Å². The van der Waals surface area contributed by atoms with E-state index in [4.69, 9.17) is 4.74 Å². The molecule has 0 saturated carbocycles. The summed E-state index contributed by atoms with van der Waals surface area (Å²) in [6.45, 7) is 2.64. The van der Waals surface area contributed by atoms with Gasteiger partial charge in [-0.15, -0.1) is 5.10 Å². The van der Waals surface area contributed by atoms with Crippen molar-refractivity contribution in [2.45, 2.75) is 18.8 Å². The van der Waals surface area contributed by atoms with Gasteiger partial charge in [-0.05, 0) is 42.8 Å². The maximum absolute atomic E-state index is 14.0. The predicted molar refractivity (Wildman–Crippen MR) is 139 cm³/mol. The van der Waals surface area contributed by atoms with Gasteiger partial charge in [0, 0.05) is 51.5 Å². The molecule has 9 nitrogen and oxygen atoms in total. The number of anilines is 1. The number of rotatable bonds is 7. The second kappa shape index (κ2) is 11.4. The maximum Gasteiger partial charge on any atom is 0.419 e. The normalized spacial score (nSPS) is 14.8. The molecule has 0 atom stereocenters. The van der Waals surface area contributed by atoms with Gasteiger partial charge in [0.1, 0.15) is 23.2 Å². The number of nitriles is 1. The number of piperazine rings is 1. The Morgan fingerprint density at radius 2 is 1.74 bits per heavy atom. The Morgan fingerprint density at radius 1 is 0.976 bits per heavy atom. The van der Waals surface area contributed by atoms with E-state index in [1.54, 1.807) is 11.9 Å². The quantitative estimate of drug-likeness (QED) is 0.221. The van der Waals surface area contributed by atoms with Crippen LogP contribution >= 0.6 is 0 Å². The zero-order valence-corrected chi connectivity index (χ0v) is 22.2. The van der Waals surface area contributed by atoms with E-state index >= 15 is 0 Å². The number of alkyl halides is 6. The number of ether oxygens (including phenoxy) is 1. The van der Waals surface area contributed by atoms with Crippen LogP contribution in [0.5, 0.6) is 5.75 Å². The first-order chi connectivity index (χ1) is 19.9. The minimum absolute atomic E-state index is 0.0291. The molecule has 0 bridgehead atoms. The Balaban J connectivity index is 1.20. The molecule has 42 heavy (non-hydrogen) atoms. The third kappa shape index (κ3) is 6.23. The van der Waals surface area contributed by atoms with Crippen molar-refractivity contribution in [3.63, 3.8) is 0 Å². The number of nitrogens with zero attached hydrogens (tertiary/aromatic N) is 8. The molecule has 5 rings (SSSR count). The van der Waals surface area contributed by atoms with E-state index in [0.29, 0.717) is 44.7 Å². The van der Waals surface area contributed by atoms with E-state index in [-0.39, 0.29) is 40.6 Å². The van der Waals surface area contributed by atoms with E-state index < -0.39 is 23.5 Å². The molecular formula is C27H24F6N8O. The van der Waals surface area contributed by atoms with Gasteiger partial charge in [-0.2, -0.15) is 31.6 Å². The average molecular weight is 591 g/mol. The summed E-state index contributed by atoms with van der Waals surface area (Å²) in [6.07, 6.45) is -7.57. The van der Waals surface area contributed by atoms with Crippen LogP contribution in [0.15, 0.2) is 42.6 Å². The van der Waals surface area contributed by atoms with E-state index in [2.05, 4.69) is 25.2 Å². The van der Waals surface area contributed by atoms with Crippen LogP contribution in [-0.2, 0) is 19.4 Å². The molecule has 0 radical (unpaired) electrons. The molecule has 1 fully saturated rings. The monoisotopic (exact) mass is 590 g/mol. The number of aromatic nitrogens is 5. The molecule has 1 aliphatic heterocycles. The van der Waals surface area contributed by atoms with Gasteiger partial charge in [-0.1, -0.05) is 5.21 Å². The Kier molecular flexibility index (Phi) is 7.91. The Labute approximate surface area is 235 Å². The molecule has 4 aromatic rings. The molecule has 0 amide bonds. The zero-order chi connectivity index (χ0) is 30.1. The Hall–Kier alpha value is -4.45. The molecule has 4 heterocycles. The SMILES string of the molecule is Cn1nnc2c(C#N)nc(-c3ccc(OCCCN4CCN(c5cc(C(F)(F)F)ccn5)CC4)c(C(F)(F)F)c3)cc21. The first-order valence-corrected chi connectivity index (χ1v) is 12.9. The fraction of sp³-hybridized carbons (Fsp3) is 0.370. The number of halogens is 6. The minimum Gasteiger partial charge on any atom is -0.493 e. The number of benzene rings is 1.